The van der Waals surface area contributed by atoms with Crippen molar-refractivity contribution in [1.82, 2.24) is 20.0 Å². The largest absolute Gasteiger partial charge is 0.493 e. The fourth-order valence-corrected chi connectivity index (χ4v) is 3.93. The molecule has 3 aromatic rings. The minimum absolute atomic E-state index is 0.0897. The maximum absolute atomic E-state index is 5.53. The number of anilines is 1. The molecule has 160 valence electrons. The molecule has 0 saturated carbocycles. The van der Waals surface area contributed by atoms with E-state index < -0.39 is 0 Å². The number of rotatable bonds is 7. The molecule has 8 heteroatoms. The molecule has 0 amide bonds. The lowest BCUT2D eigenvalue weighted by atomic mass is 10.1. The summed E-state index contributed by atoms with van der Waals surface area (Å²) in [4.78, 5) is 14.4. The van der Waals surface area contributed by atoms with Crippen LogP contribution in [-0.2, 0) is 6.54 Å². The van der Waals surface area contributed by atoms with E-state index in [9.17, 15) is 0 Å². The van der Waals surface area contributed by atoms with Gasteiger partial charge in [-0.15, -0.1) is 0 Å². The van der Waals surface area contributed by atoms with Gasteiger partial charge in [0.25, 0.3) is 0 Å². The molecule has 1 fully saturated rings. The van der Waals surface area contributed by atoms with E-state index in [1.165, 1.54) is 19.3 Å². The third-order valence-electron chi connectivity index (χ3n) is 5.82. The zero-order valence-electron chi connectivity index (χ0n) is 18.1. The second-order valence-electron chi connectivity index (χ2n) is 7.75. The maximum atomic E-state index is 5.53. The second kappa shape index (κ2) is 8.87. The Morgan fingerprint density at radius 1 is 1.10 bits per heavy atom. The molecule has 1 unspecified atom stereocenters. The van der Waals surface area contributed by atoms with Crippen LogP contribution in [-0.4, -0.2) is 54.4 Å². The summed E-state index contributed by atoms with van der Waals surface area (Å²) < 4.78 is 16.0. The summed E-state index contributed by atoms with van der Waals surface area (Å²) in [5.74, 6) is 3.10. The molecule has 0 N–H and O–H groups in total. The van der Waals surface area contributed by atoms with Gasteiger partial charge in [-0.1, -0.05) is 5.16 Å². The van der Waals surface area contributed by atoms with Crippen molar-refractivity contribution in [2.75, 3.05) is 39.3 Å². The van der Waals surface area contributed by atoms with E-state index in [2.05, 4.69) is 21.9 Å². The van der Waals surface area contributed by atoms with E-state index >= 15 is 0 Å². The van der Waals surface area contributed by atoms with Gasteiger partial charge in [0.1, 0.15) is 23.6 Å². The third-order valence-corrected chi connectivity index (χ3v) is 5.82. The predicted octanol–water partition coefficient (Wildman–Crippen LogP) is 3.82. The minimum Gasteiger partial charge on any atom is -0.493 e. The number of aromatic nitrogens is 3. The van der Waals surface area contributed by atoms with Crippen molar-refractivity contribution in [2.24, 2.45) is 0 Å². The van der Waals surface area contributed by atoms with Crippen molar-refractivity contribution in [3.8, 4) is 11.5 Å². The summed E-state index contributed by atoms with van der Waals surface area (Å²) in [7, 11) is 5.34. The van der Waals surface area contributed by atoms with Gasteiger partial charge in [0.2, 0.25) is 0 Å². The molecule has 1 aromatic carbocycles. The molecular formula is C22H29N5O3. The van der Waals surface area contributed by atoms with Crippen LogP contribution in [0.1, 0.15) is 43.7 Å². The molecule has 0 radical (unpaired) electrons. The van der Waals surface area contributed by atoms with Crippen LogP contribution in [0.5, 0.6) is 11.5 Å². The standard InChI is InChI=1S/C22H29N5O3/c1-15(17-8-11-30-25-17)26(2)14-21-23-18-13-20(29-4)19(28-3)12-16(18)22(24-21)27-9-6-5-7-10-27/h8,11-13,15H,5-7,9-10,14H2,1-4H3. The molecule has 1 aliphatic heterocycles. The van der Waals surface area contributed by atoms with E-state index in [1.807, 2.05) is 25.2 Å². The van der Waals surface area contributed by atoms with Gasteiger partial charge in [-0.3, -0.25) is 4.90 Å². The van der Waals surface area contributed by atoms with E-state index in [1.54, 1.807) is 20.5 Å². The SMILES string of the molecule is COc1cc2nc(CN(C)C(C)c3ccon3)nc(N3CCCCC3)c2cc1OC. The molecule has 2 aromatic heterocycles. The lowest BCUT2D eigenvalue weighted by Gasteiger charge is -2.29. The highest BCUT2D eigenvalue weighted by Gasteiger charge is 2.21. The Bertz CT molecular complexity index is 986. The summed E-state index contributed by atoms with van der Waals surface area (Å²) in [6.45, 7) is 4.70. The van der Waals surface area contributed by atoms with Crippen LogP contribution in [0, 0.1) is 0 Å². The molecule has 1 saturated heterocycles. The molecule has 3 heterocycles. The molecule has 30 heavy (non-hydrogen) atoms. The molecular weight excluding hydrogens is 382 g/mol. The van der Waals surface area contributed by atoms with Gasteiger partial charge >= 0.3 is 0 Å². The lowest BCUT2D eigenvalue weighted by Crippen LogP contribution is -2.31. The Hall–Kier alpha value is -2.87. The monoisotopic (exact) mass is 411 g/mol. The lowest BCUT2D eigenvalue weighted by molar-refractivity contribution is 0.235. The average molecular weight is 412 g/mol. The first kappa shape index (κ1) is 20.4. The Morgan fingerprint density at radius 2 is 1.83 bits per heavy atom. The van der Waals surface area contributed by atoms with Gasteiger partial charge in [0.15, 0.2) is 11.5 Å². The van der Waals surface area contributed by atoms with E-state index in [4.69, 9.17) is 24.0 Å². The van der Waals surface area contributed by atoms with Crippen LogP contribution in [0.15, 0.2) is 29.0 Å². The fourth-order valence-electron chi connectivity index (χ4n) is 3.93. The first-order valence-electron chi connectivity index (χ1n) is 10.4. The Balaban J connectivity index is 1.74. The number of hydrogen-bond donors (Lipinski definition) is 0. The average Bonchev–Trinajstić information content (AvgIpc) is 3.32. The molecule has 0 spiro atoms. The Morgan fingerprint density at radius 3 is 2.50 bits per heavy atom. The smallest absolute Gasteiger partial charge is 0.162 e. The summed E-state index contributed by atoms with van der Waals surface area (Å²) in [6.07, 6.45) is 5.22. The highest BCUT2D eigenvalue weighted by Crippen LogP contribution is 2.36. The number of benzene rings is 1. The van der Waals surface area contributed by atoms with Crippen molar-refractivity contribution < 1.29 is 14.0 Å². The highest BCUT2D eigenvalue weighted by atomic mass is 16.5. The predicted molar refractivity (Wildman–Crippen MR) is 115 cm³/mol. The van der Waals surface area contributed by atoms with E-state index in [0.717, 1.165) is 41.3 Å². The fraction of sp³-hybridized carbons (Fsp3) is 0.500. The number of piperidine rings is 1. The van der Waals surface area contributed by atoms with E-state index in [-0.39, 0.29) is 6.04 Å². The number of ether oxygens (including phenoxy) is 2. The number of nitrogens with zero attached hydrogens (tertiary/aromatic N) is 5. The molecule has 8 nitrogen and oxygen atoms in total. The van der Waals surface area contributed by atoms with Crippen LogP contribution in [0.3, 0.4) is 0 Å². The molecule has 4 rings (SSSR count). The van der Waals surface area contributed by atoms with Crippen LogP contribution in [0.2, 0.25) is 0 Å². The zero-order valence-corrected chi connectivity index (χ0v) is 18.1. The maximum Gasteiger partial charge on any atom is 0.162 e. The van der Waals surface area contributed by atoms with Gasteiger partial charge in [-0.2, -0.15) is 0 Å². The van der Waals surface area contributed by atoms with Crippen LogP contribution in [0.25, 0.3) is 10.9 Å². The topological polar surface area (TPSA) is 76.8 Å². The van der Waals surface area contributed by atoms with Gasteiger partial charge < -0.3 is 18.9 Å². The third kappa shape index (κ3) is 4.05. The Kier molecular flexibility index (Phi) is 6.03. The highest BCUT2D eigenvalue weighted by molar-refractivity contribution is 5.92. The van der Waals surface area contributed by atoms with Crippen molar-refractivity contribution in [3.05, 3.63) is 36.0 Å². The van der Waals surface area contributed by atoms with E-state index in [0.29, 0.717) is 18.0 Å². The van der Waals surface area contributed by atoms with Crippen LogP contribution in [0.4, 0.5) is 5.82 Å². The summed E-state index contributed by atoms with van der Waals surface area (Å²) in [5.41, 5.74) is 1.75. The number of hydrogen-bond acceptors (Lipinski definition) is 8. The molecule has 1 atom stereocenters. The second-order valence-corrected chi connectivity index (χ2v) is 7.75. The van der Waals surface area contributed by atoms with Crippen LogP contribution < -0.4 is 14.4 Å². The van der Waals surface area contributed by atoms with Gasteiger partial charge in [-0.25, -0.2) is 9.97 Å². The minimum atomic E-state index is 0.0897. The molecule has 0 aliphatic carbocycles. The van der Waals surface area contributed by atoms with Crippen LogP contribution >= 0.6 is 0 Å². The molecule has 1 aliphatic rings. The van der Waals surface area contributed by atoms with Crippen molar-refractivity contribution >= 4 is 16.7 Å². The zero-order chi connectivity index (χ0) is 21.1. The summed E-state index contributed by atoms with van der Waals surface area (Å²) in [5, 5.41) is 5.06. The summed E-state index contributed by atoms with van der Waals surface area (Å²) >= 11 is 0. The van der Waals surface area contributed by atoms with Crippen molar-refractivity contribution in [3.63, 3.8) is 0 Å². The first-order chi connectivity index (χ1) is 14.6. The number of methoxy groups -OCH3 is 2. The quantitative estimate of drug-likeness (QED) is 0.581. The normalized spacial score (nSPS) is 15.6. The number of fused-ring (bicyclic) bond motifs is 1. The van der Waals surface area contributed by atoms with Gasteiger partial charge in [-0.05, 0) is 39.3 Å². The van der Waals surface area contributed by atoms with Gasteiger partial charge in [0.05, 0.1) is 32.3 Å². The van der Waals surface area contributed by atoms with Crippen molar-refractivity contribution in [2.45, 2.75) is 38.8 Å². The summed E-state index contributed by atoms with van der Waals surface area (Å²) in [6, 6.07) is 5.91. The Labute approximate surface area is 176 Å². The first-order valence-corrected chi connectivity index (χ1v) is 10.4. The van der Waals surface area contributed by atoms with Gasteiger partial charge in [0, 0.05) is 30.6 Å². The molecule has 0 bridgehead atoms. The van der Waals surface area contributed by atoms with Crippen molar-refractivity contribution in [1.29, 1.82) is 0 Å².